The predicted molar refractivity (Wildman–Crippen MR) is 105 cm³/mol. The van der Waals surface area contributed by atoms with Crippen molar-refractivity contribution in [2.24, 2.45) is 0 Å². The van der Waals surface area contributed by atoms with Crippen molar-refractivity contribution in [3.63, 3.8) is 0 Å². The van der Waals surface area contributed by atoms with Crippen LogP contribution in [0, 0.1) is 5.82 Å². The number of carbonyl (C=O) groups excluding carboxylic acids is 2. The molecule has 0 radical (unpaired) electrons. The molecule has 0 aliphatic rings. The van der Waals surface area contributed by atoms with E-state index in [0.717, 1.165) is 22.9 Å². The van der Waals surface area contributed by atoms with Crippen LogP contribution < -0.4 is 10.9 Å². The molecule has 0 saturated heterocycles. The van der Waals surface area contributed by atoms with Crippen LogP contribution in [0.15, 0.2) is 59.4 Å². The maximum absolute atomic E-state index is 13.2. The Morgan fingerprint density at radius 3 is 2.52 bits per heavy atom. The fraction of sp³-hybridized carbons (Fsp3) is 0.100. The lowest BCUT2D eigenvalue weighted by atomic mass is 10.2. The third-order valence-electron chi connectivity index (χ3n) is 3.84. The maximum Gasteiger partial charge on any atom is 0.360 e. The van der Waals surface area contributed by atoms with Crippen molar-refractivity contribution in [3.05, 3.63) is 87.0 Å². The topological polar surface area (TPSA) is 90.3 Å². The third kappa shape index (κ3) is 4.49. The largest absolute Gasteiger partial charge is 0.461 e. The van der Waals surface area contributed by atoms with E-state index in [4.69, 9.17) is 16.3 Å². The number of anilines is 1. The Morgan fingerprint density at radius 1 is 1.17 bits per heavy atom. The van der Waals surface area contributed by atoms with Crippen LogP contribution in [0.3, 0.4) is 0 Å². The second-order valence-electron chi connectivity index (χ2n) is 5.79. The van der Waals surface area contributed by atoms with Crippen molar-refractivity contribution in [2.75, 3.05) is 11.9 Å². The molecule has 2 aromatic carbocycles. The van der Waals surface area contributed by atoms with Gasteiger partial charge in [-0.15, -0.1) is 0 Å². The highest BCUT2D eigenvalue weighted by Crippen LogP contribution is 2.19. The Balaban J connectivity index is 2.06. The summed E-state index contributed by atoms with van der Waals surface area (Å²) in [5, 5.41) is 6.70. The lowest BCUT2D eigenvalue weighted by Crippen LogP contribution is -2.27. The molecule has 0 aliphatic carbocycles. The monoisotopic (exact) mass is 415 g/mol. The number of ether oxygens (including phenoxy) is 1. The molecular weight excluding hydrogens is 401 g/mol. The van der Waals surface area contributed by atoms with Crippen LogP contribution in [0.4, 0.5) is 10.1 Å². The Hall–Kier alpha value is -3.52. The molecule has 0 fully saturated rings. The molecular formula is C20H15ClFN3O4. The van der Waals surface area contributed by atoms with E-state index in [0.29, 0.717) is 0 Å². The SMILES string of the molecule is CCOC(=O)c1nn(-c2ccc(F)cc2)c(=O)cc1NC(=O)c1ccccc1Cl. The summed E-state index contributed by atoms with van der Waals surface area (Å²) in [5.41, 5.74) is -0.648. The number of esters is 1. The van der Waals surface area contributed by atoms with E-state index in [-0.39, 0.29) is 34.3 Å². The lowest BCUT2D eigenvalue weighted by molar-refractivity contribution is 0.0518. The zero-order valence-corrected chi connectivity index (χ0v) is 15.9. The summed E-state index contributed by atoms with van der Waals surface area (Å²) >= 11 is 6.02. The Kier molecular flexibility index (Phi) is 6.04. The van der Waals surface area contributed by atoms with Gasteiger partial charge in [0.1, 0.15) is 5.82 Å². The quantitative estimate of drug-likeness (QED) is 0.644. The van der Waals surface area contributed by atoms with Crippen LogP contribution in [0.25, 0.3) is 5.69 Å². The van der Waals surface area contributed by atoms with E-state index in [1.807, 2.05) is 0 Å². The van der Waals surface area contributed by atoms with Crippen LogP contribution in [0.5, 0.6) is 0 Å². The van der Waals surface area contributed by atoms with E-state index in [1.165, 1.54) is 24.3 Å². The summed E-state index contributed by atoms with van der Waals surface area (Å²) in [6, 6.07) is 12.3. The van der Waals surface area contributed by atoms with Crippen molar-refractivity contribution in [3.8, 4) is 5.69 Å². The number of hydrogen-bond acceptors (Lipinski definition) is 5. The number of nitrogens with one attached hydrogen (secondary N) is 1. The van der Waals surface area contributed by atoms with Gasteiger partial charge in [-0.1, -0.05) is 23.7 Å². The maximum atomic E-state index is 13.2. The van der Waals surface area contributed by atoms with Gasteiger partial charge in [0.05, 0.1) is 28.6 Å². The number of halogens is 2. The van der Waals surface area contributed by atoms with Gasteiger partial charge in [-0.3, -0.25) is 9.59 Å². The minimum Gasteiger partial charge on any atom is -0.461 e. The summed E-state index contributed by atoms with van der Waals surface area (Å²) < 4.78 is 19.1. The van der Waals surface area contributed by atoms with Crippen LogP contribution in [0.1, 0.15) is 27.8 Å². The molecule has 1 amide bonds. The molecule has 7 nitrogen and oxygen atoms in total. The van der Waals surface area contributed by atoms with Crippen LogP contribution in [-0.4, -0.2) is 28.3 Å². The molecule has 3 aromatic rings. The first kappa shape index (κ1) is 20.2. The van der Waals surface area contributed by atoms with Gasteiger partial charge in [-0.2, -0.15) is 9.78 Å². The molecule has 1 heterocycles. The van der Waals surface area contributed by atoms with Gasteiger partial charge in [0.15, 0.2) is 5.69 Å². The van der Waals surface area contributed by atoms with Gasteiger partial charge in [0.2, 0.25) is 0 Å². The number of rotatable bonds is 5. The van der Waals surface area contributed by atoms with Crippen molar-refractivity contribution in [2.45, 2.75) is 6.92 Å². The predicted octanol–water partition coefficient (Wildman–Crippen LogP) is 3.45. The van der Waals surface area contributed by atoms with Crippen molar-refractivity contribution >= 4 is 29.2 Å². The van der Waals surface area contributed by atoms with Gasteiger partial charge >= 0.3 is 5.97 Å². The highest BCUT2D eigenvalue weighted by Gasteiger charge is 2.21. The second-order valence-corrected chi connectivity index (χ2v) is 6.19. The number of carbonyl (C=O) groups is 2. The summed E-state index contributed by atoms with van der Waals surface area (Å²) in [7, 11) is 0. The van der Waals surface area contributed by atoms with Gasteiger partial charge < -0.3 is 10.1 Å². The van der Waals surface area contributed by atoms with Gasteiger partial charge in [-0.05, 0) is 43.3 Å². The molecule has 1 N–H and O–H groups in total. The van der Waals surface area contributed by atoms with Crippen molar-refractivity contribution in [1.82, 2.24) is 9.78 Å². The first-order valence-electron chi connectivity index (χ1n) is 8.54. The molecule has 148 valence electrons. The standard InChI is InChI=1S/C20H15ClFN3O4/c1-2-29-20(28)18-16(23-19(27)14-5-3-4-6-15(14)21)11-17(26)25(24-18)13-9-7-12(22)8-10-13/h3-11H,2H2,1H3,(H,23,27). The molecule has 0 unspecified atom stereocenters. The third-order valence-corrected chi connectivity index (χ3v) is 4.17. The van der Waals surface area contributed by atoms with Crippen LogP contribution in [0.2, 0.25) is 5.02 Å². The molecule has 0 aliphatic heterocycles. The van der Waals surface area contributed by atoms with E-state index in [9.17, 15) is 18.8 Å². The average Bonchev–Trinajstić information content (AvgIpc) is 2.69. The Bertz CT molecular complexity index is 1130. The van der Waals surface area contributed by atoms with Crippen molar-refractivity contribution < 1.29 is 18.7 Å². The minimum absolute atomic E-state index is 0.0636. The normalized spacial score (nSPS) is 10.4. The zero-order valence-electron chi connectivity index (χ0n) is 15.2. The molecule has 0 saturated carbocycles. The molecule has 3 rings (SSSR count). The molecule has 29 heavy (non-hydrogen) atoms. The fourth-order valence-corrected chi connectivity index (χ4v) is 2.73. The van der Waals surface area contributed by atoms with E-state index < -0.39 is 23.3 Å². The fourth-order valence-electron chi connectivity index (χ4n) is 2.50. The highest BCUT2D eigenvalue weighted by atomic mass is 35.5. The molecule has 0 atom stereocenters. The number of amides is 1. The van der Waals surface area contributed by atoms with E-state index in [2.05, 4.69) is 10.4 Å². The Morgan fingerprint density at radius 2 is 1.86 bits per heavy atom. The Labute approximate surface area is 169 Å². The molecule has 1 aromatic heterocycles. The van der Waals surface area contributed by atoms with Gasteiger partial charge in [0, 0.05) is 6.07 Å². The number of benzene rings is 2. The molecule has 0 spiro atoms. The van der Waals surface area contributed by atoms with E-state index in [1.54, 1.807) is 19.1 Å². The van der Waals surface area contributed by atoms with Crippen LogP contribution in [-0.2, 0) is 4.74 Å². The number of nitrogens with zero attached hydrogens (tertiary/aromatic N) is 2. The summed E-state index contributed by atoms with van der Waals surface area (Å²) in [6.07, 6.45) is 0. The summed E-state index contributed by atoms with van der Waals surface area (Å²) in [5.74, 6) is -1.95. The second kappa shape index (κ2) is 8.66. The van der Waals surface area contributed by atoms with Gasteiger partial charge in [-0.25, -0.2) is 9.18 Å². The lowest BCUT2D eigenvalue weighted by Gasteiger charge is -2.13. The zero-order chi connectivity index (χ0) is 21.0. The summed E-state index contributed by atoms with van der Waals surface area (Å²) in [6.45, 7) is 1.67. The highest BCUT2D eigenvalue weighted by molar-refractivity contribution is 6.34. The average molecular weight is 416 g/mol. The van der Waals surface area contributed by atoms with Crippen molar-refractivity contribution in [1.29, 1.82) is 0 Å². The smallest absolute Gasteiger partial charge is 0.360 e. The van der Waals surface area contributed by atoms with Gasteiger partial charge in [0.25, 0.3) is 11.5 Å². The summed E-state index contributed by atoms with van der Waals surface area (Å²) in [4.78, 5) is 37.4. The van der Waals surface area contributed by atoms with Crippen LogP contribution >= 0.6 is 11.6 Å². The van der Waals surface area contributed by atoms with E-state index >= 15 is 0 Å². The first-order valence-corrected chi connectivity index (χ1v) is 8.92. The molecule has 0 bridgehead atoms. The first-order chi connectivity index (χ1) is 13.9. The minimum atomic E-state index is -0.835. The molecule has 9 heteroatoms. The number of hydrogen-bond donors (Lipinski definition) is 1. The number of aromatic nitrogens is 2.